The third-order valence-electron chi connectivity index (χ3n) is 6.12. The monoisotopic (exact) mass is 475 g/mol. The number of benzene rings is 1. The molecule has 0 saturated heterocycles. The van der Waals surface area contributed by atoms with Crippen LogP contribution < -0.4 is 0 Å². The SMILES string of the molecule is Cc1ccc(CC(=O)CCc2noc(C3CC(CC(C)(C)C)C3)c2COCC(=O)O)c(Cl)c1. The Labute approximate surface area is 200 Å². The van der Waals surface area contributed by atoms with Crippen LogP contribution in [0.15, 0.2) is 22.7 Å². The molecule has 1 aliphatic rings. The number of aromatic nitrogens is 1. The van der Waals surface area contributed by atoms with Gasteiger partial charge in [-0.2, -0.15) is 0 Å². The fourth-order valence-corrected chi connectivity index (χ4v) is 4.91. The van der Waals surface area contributed by atoms with Crippen LogP contribution in [0.3, 0.4) is 0 Å². The number of hydrogen-bond acceptors (Lipinski definition) is 5. The van der Waals surface area contributed by atoms with E-state index in [1.54, 1.807) is 0 Å². The molecule has 33 heavy (non-hydrogen) atoms. The van der Waals surface area contributed by atoms with E-state index in [1.807, 2.05) is 25.1 Å². The molecule has 1 aromatic carbocycles. The first-order valence-corrected chi connectivity index (χ1v) is 11.9. The number of Topliss-reactive ketones (excluding diaryl/α,β-unsaturated/α-hetero) is 1. The zero-order valence-electron chi connectivity index (χ0n) is 19.9. The molecule has 1 heterocycles. The third-order valence-corrected chi connectivity index (χ3v) is 6.47. The van der Waals surface area contributed by atoms with Gasteiger partial charge in [0.15, 0.2) is 0 Å². The summed E-state index contributed by atoms with van der Waals surface area (Å²) in [6, 6.07) is 5.69. The summed E-state index contributed by atoms with van der Waals surface area (Å²) < 4.78 is 11.1. The molecule has 180 valence electrons. The second kappa shape index (κ2) is 10.8. The molecule has 0 atom stereocenters. The van der Waals surface area contributed by atoms with Crippen LogP contribution >= 0.6 is 11.6 Å². The van der Waals surface area contributed by atoms with Crippen LogP contribution in [-0.4, -0.2) is 28.6 Å². The van der Waals surface area contributed by atoms with Gasteiger partial charge < -0.3 is 14.4 Å². The topological polar surface area (TPSA) is 89.6 Å². The number of ether oxygens (including phenoxy) is 1. The third kappa shape index (κ3) is 7.41. The number of hydrogen-bond donors (Lipinski definition) is 1. The highest BCUT2D eigenvalue weighted by Crippen LogP contribution is 2.48. The van der Waals surface area contributed by atoms with Gasteiger partial charge >= 0.3 is 5.97 Å². The van der Waals surface area contributed by atoms with Crippen LogP contribution in [0.2, 0.25) is 5.02 Å². The zero-order valence-corrected chi connectivity index (χ0v) is 20.7. The molecule has 2 aromatic rings. The molecule has 1 fully saturated rings. The van der Waals surface area contributed by atoms with Crippen molar-refractivity contribution in [2.24, 2.45) is 11.3 Å². The minimum atomic E-state index is -1.02. The lowest BCUT2D eigenvalue weighted by Crippen LogP contribution is -2.26. The first-order valence-electron chi connectivity index (χ1n) is 11.6. The van der Waals surface area contributed by atoms with E-state index in [4.69, 9.17) is 26.0 Å². The lowest BCUT2D eigenvalue weighted by atomic mass is 9.67. The molecule has 0 unspecified atom stereocenters. The number of nitrogens with zero attached hydrogens (tertiary/aromatic N) is 1. The smallest absolute Gasteiger partial charge is 0.329 e. The second-order valence-electron chi connectivity index (χ2n) is 10.5. The predicted molar refractivity (Wildman–Crippen MR) is 127 cm³/mol. The highest BCUT2D eigenvalue weighted by molar-refractivity contribution is 6.31. The summed E-state index contributed by atoms with van der Waals surface area (Å²) in [7, 11) is 0. The molecule has 0 spiro atoms. The highest BCUT2D eigenvalue weighted by atomic mass is 35.5. The van der Waals surface area contributed by atoms with E-state index in [0.29, 0.717) is 29.5 Å². The van der Waals surface area contributed by atoms with Crippen LogP contribution in [-0.2, 0) is 33.8 Å². The van der Waals surface area contributed by atoms with E-state index >= 15 is 0 Å². The number of carbonyl (C=O) groups excluding carboxylic acids is 1. The number of halogens is 1. The Bertz CT molecular complexity index is 985. The minimum Gasteiger partial charge on any atom is -0.480 e. The van der Waals surface area contributed by atoms with Gasteiger partial charge in [0.25, 0.3) is 0 Å². The summed E-state index contributed by atoms with van der Waals surface area (Å²) in [5.41, 5.74) is 3.64. The molecule has 1 aromatic heterocycles. The summed E-state index contributed by atoms with van der Waals surface area (Å²) >= 11 is 6.27. The van der Waals surface area contributed by atoms with Crippen molar-refractivity contribution in [1.82, 2.24) is 5.16 Å². The number of rotatable bonds is 11. The second-order valence-corrected chi connectivity index (χ2v) is 10.9. The number of aliphatic carboxylic acids is 1. The molecule has 1 N–H and O–H groups in total. The van der Waals surface area contributed by atoms with Crippen LogP contribution in [0.5, 0.6) is 0 Å². The lowest BCUT2D eigenvalue weighted by Gasteiger charge is -2.38. The first kappa shape index (κ1) is 25.4. The zero-order chi connectivity index (χ0) is 24.2. The molecule has 0 radical (unpaired) electrons. The van der Waals surface area contributed by atoms with Gasteiger partial charge in [-0.15, -0.1) is 0 Å². The molecule has 0 bridgehead atoms. The maximum atomic E-state index is 12.6. The Kier molecular flexibility index (Phi) is 8.35. The van der Waals surface area contributed by atoms with Crippen LogP contribution in [0.4, 0.5) is 0 Å². The predicted octanol–water partition coefficient (Wildman–Crippen LogP) is 5.91. The van der Waals surface area contributed by atoms with E-state index in [-0.39, 0.29) is 36.8 Å². The first-order chi connectivity index (χ1) is 15.5. The van der Waals surface area contributed by atoms with E-state index in [1.165, 1.54) is 0 Å². The average molecular weight is 476 g/mol. The van der Waals surface area contributed by atoms with Gasteiger partial charge in [-0.25, -0.2) is 4.79 Å². The number of aryl methyl sites for hydroxylation is 2. The quantitative estimate of drug-likeness (QED) is 0.434. The molecule has 7 heteroatoms. The maximum Gasteiger partial charge on any atom is 0.329 e. The molecular weight excluding hydrogens is 442 g/mol. The fraction of sp³-hybridized carbons (Fsp3) is 0.577. The number of ketones is 1. The minimum absolute atomic E-state index is 0.0663. The van der Waals surface area contributed by atoms with Gasteiger partial charge in [-0.05, 0) is 54.7 Å². The molecule has 3 rings (SSSR count). The van der Waals surface area contributed by atoms with Crippen LogP contribution in [0.25, 0.3) is 0 Å². The number of carboxylic acids is 1. The summed E-state index contributed by atoms with van der Waals surface area (Å²) in [6.45, 7) is 8.45. The van der Waals surface area contributed by atoms with E-state index in [0.717, 1.165) is 41.7 Å². The van der Waals surface area contributed by atoms with Crippen molar-refractivity contribution < 1.29 is 24.0 Å². The van der Waals surface area contributed by atoms with Crippen molar-refractivity contribution in [2.45, 2.75) is 78.7 Å². The van der Waals surface area contributed by atoms with Gasteiger partial charge in [0, 0.05) is 35.8 Å². The van der Waals surface area contributed by atoms with Crippen molar-refractivity contribution in [3.8, 4) is 0 Å². The van der Waals surface area contributed by atoms with Gasteiger partial charge in [-0.1, -0.05) is 49.7 Å². The van der Waals surface area contributed by atoms with Crippen LogP contribution in [0.1, 0.15) is 80.5 Å². The van der Waals surface area contributed by atoms with Crippen molar-refractivity contribution in [3.05, 3.63) is 51.4 Å². The Morgan fingerprint density at radius 2 is 2.00 bits per heavy atom. The lowest BCUT2D eigenvalue weighted by molar-refractivity contribution is -0.142. The van der Waals surface area contributed by atoms with Gasteiger partial charge in [0.1, 0.15) is 18.2 Å². The normalized spacial score (nSPS) is 18.2. The van der Waals surface area contributed by atoms with E-state index in [9.17, 15) is 9.59 Å². The number of carboxylic acid groups (broad SMARTS) is 1. The van der Waals surface area contributed by atoms with Gasteiger partial charge in [0.05, 0.1) is 12.3 Å². The van der Waals surface area contributed by atoms with Crippen molar-refractivity contribution in [1.29, 1.82) is 0 Å². The fourth-order valence-electron chi connectivity index (χ4n) is 4.61. The Morgan fingerprint density at radius 1 is 1.27 bits per heavy atom. The highest BCUT2D eigenvalue weighted by Gasteiger charge is 2.37. The summed E-state index contributed by atoms with van der Waals surface area (Å²) in [5, 5.41) is 13.8. The summed E-state index contributed by atoms with van der Waals surface area (Å²) in [4.78, 5) is 23.5. The molecule has 0 amide bonds. The van der Waals surface area contributed by atoms with Crippen molar-refractivity contribution in [2.75, 3.05) is 6.61 Å². The van der Waals surface area contributed by atoms with E-state index < -0.39 is 5.97 Å². The standard InChI is InChI=1S/C26H34ClNO5/c1-16-5-6-18(22(27)9-16)12-20(29)7-8-23-21(14-32-15-24(30)31)25(33-28-23)19-10-17(11-19)13-26(2,3)4/h5-6,9,17,19H,7-8,10-15H2,1-4H3,(H,30,31). The Balaban J connectivity index is 1.64. The molecule has 1 saturated carbocycles. The summed E-state index contributed by atoms with van der Waals surface area (Å²) in [5.74, 6) is 0.751. The molecule has 0 aliphatic heterocycles. The maximum absolute atomic E-state index is 12.6. The van der Waals surface area contributed by atoms with E-state index in [2.05, 4.69) is 25.9 Å². The van der Waals surface area contributed by atoms with Gasteiger partial charge in [-0.3, -0.25) is 4.79 Å². The van der Waals surface area contributed by atoms with Crippen LogP contribution in [0, 0.1) is 18.3 Å². The largest absolute Gasteiger partial charge is 0.480 e. The van der Waals surface area contributed by atoms with Gasteiger partial charge in [0.2, 0.25) is 0 Å². The van der Waals surface area contributed by atoms with Crippen molar-refractivity contribution in [3.63, 3.8) is 0 Å². The molecular formula is C26H34ClNO5. The Hall–Kier alpha value is -2.18. The average Bonchev–Trinajstić information content (AvgIpc) is 3.06. The molecule has 1 aliphatic carbocycles. The Morgan fingerprint density at radius 3 is 2.64 bits per heavy atom. The summed E-state index contributed by atoms with van der Waals surface area (Å²) in [6.07, 6.45) is 4.22. The number of carbonyl (C=O) groups is 2. The molecule has 6 nitrogen and oxygen atoms in total. The van der Waals surface area contributed by atoms with Crippen molar-refractivity contribution >= 4 is 23.4 Å².